The van der Waals surface area contributed by atoms with Crippen LogP contribution in [0.2, 0.25) is 0 Å². The molecule has 0 spiro atoms. The lowest BCUT2D eigenvalue weighted by Gasteiger charge is -2.42. The molecule has 0 saturated heterocycles. The SMILES string of the molecule is COC(=O)C1(C(=O)OC)CC=C(Cc2ccccc2)C1N1CCc2ccccc2C1. The molecule has 2 aliphatic rings. The number of hydrogen-bond acceptors (Lipinski definition) is 5. The van der Waals surface area contributed by atoms with Gasteiger partial charge in [0, 0.05) is 13.1 Å². The summed E-state index contributed by atoms with van der Waals surface area (Å²) in [5, 5.41) is 0. The van der Waals surface area contributed by atoms with E-state index in [1.807, 2.05) is 30.3 Å². The maximum Gasteiger partial charge on any atom is 0.325 e. The van der Waals surface area contributed by atoms with Crippen LogP contribution in [0.5, 0.6) is 0 Å². The first-order valence-corrected chi connectivity index (χ1v) is 10.3. The Hall–Kier alpha value is -2.92. The summed E-state index contributed by atoms with van der Waals surface area (Å²) in [4.78, 5) is 28.3. The van der Waals surface area contributed by atoms with Crippen molar-refractivity contribution in [1.82, 2.24) is 4.90 Å². The number of esters is 2. The molecule has 5 nitrogen and oxygen atoms in total. The van der Waals surface area contributed by atoms with Gasteiger partial charge in [-0.05, 0) is 36.0 Å². The van der Waals surface area contributed by atoms with Crippen LogP contribution >= 0.6 is 0 Å². The fraction of sp³-hybridized carbons (Fsp3) is 0.360. The molecular weight excluding hydrogens is 378 g/mol. The molecule has 4 rings (SSSR count). The number of nitrogens with zero attached hydrogens (tertiary/aromatic N) is 1. The maximum atomic E-state index is 13.0. The van der Waals surface area contributed by atoms with Crippen LogP contribution < -0.4 is 0 Å². The predicted molar refractivity (Wildman–Crippen MR) is 114 cm³/mol. The first-order chi connectivity index (χ1) is 14.6. The quantitative estimate of drug-likeness (QED) is 0.434. The van der Waals surface area contributed by atoms with Crippen molar-refractivity contribution >= 4 is 11.9 Å². The molecule has 1 aliphatic carbocycles. The number of fused-ring (bicyclic) bond motifs is 1. The van der Waals surface area contributed by atoms with Gasteiger partial charge in [0.25, 0.3) is 0 Å². The molecule has 0 bridgehead atoms. The minimum atomic E-state index is -1.38. The number of benzene rings is 2. The number of carbonyl (C=O) groups excluding carboxylic acids is 2. The Kier molecular flexibility index (Phi) is 5.73. The summed E-state index contributed by atoms with van der Waals surface area (Å²) < 4.78 is 10.3. The molecule has 1 atom stereocenters. The van der Waals surface area contributed by atoms with Gasteiger partial charge < -0.3 is 9.47 Å². The van der Waals surface area contributed by atoms with Crippen LogP contribution in [0.25, 0.3) is 0 Å². The van der Waals surface area contributed by atoms with Gasteiger partial charge in [-0.2, -0.15) is 0 Å². The van der Waals surface area contributed by atoms with Gasteiger partial charge in [-0.25, -0.2) is 0 Å². The molecule has 2 aromatic carbocycles. The van der Waals surface area contributed by atoms with Crippen LogP contribution in [0.15, 0.2) is 66.2 Å². The predicted octanol–water partition coefficient (Wildman–Crippen LogP) is 3.32. The highest BCUT2D eigenvalue weighted by molar-refractivity contribution is 6.02. The van der Waals surface area contributed by atoms with Crippen LogP contribution in [0.3, 0.4) is 0 Å². The highest BCUT2D eigenvalue weighted by atomic mass is 16.5. The molecule has 5 heteroatoms. The van der Waals surface area contributed by atoms with E-state index in [0.717, 1.165) is 24.1 Å². The first kappa shape index (κ1) is 20.4. The minimum absolute atomic E-state index is 0.289. The summed E-state index contributed by atoms with van der Waals surface area (Å²) in [7, 11) is 2.68. The van der Waals surface area contributed by atoms with Crippen molar-refractivity contribution < 1.29 is 19.1 Å². The summed E-state index contributed by atoms with van der Waals surface area (Å²) in [6, 6.07) is 18.1. The van der Waals surface area contributed by atoms with Crippen LogP contribution in [0, 0.1) is 5.41 Å². The third-order valence-corrected chi connectivity index (χ3v) is 6.38. The Morgan fingerprint density at radius 3 is 2.27 bits per heavy atom. The Labute approximate surface area is 177 Å². The average Bonchev–Trinajstić information content (AvgIpc) is 3.18. The molecule has 0 saturated carbocycles. The molecule has 156 valence electrons. The second-order valence-electron chi connectivity index (χ2n) is 7.99. The van der Waals surface area contributed by atoms with Gasteiger partial charge in [0.05, 0.1) is 20.3 Å². The van der Waals surface area contributed by atoms with E-state index in [2.05, 4.69) is 35.2 Å². The van der Waals surface area contributed by atoms with E-state index < -0.39 is 23.4 Å². The second kappa shape index (κ2) is 8.44. The number of allylic oxidation sites excluding steroid dienone is 1. The van der Waals surface area contributed by atoms with Crippen molar-refractivity contribution in [2.24, 2.45) is 5.41 Å². The van der Waals surface area contributed by atoms with Crippen molar-refractivity contribution in [2.75, 3.05) is 20.8 Å². The highest BCUT2D eigenvalue weighted by Gasteiger charge is 2.59. The maximum absolute atomic E-state index is 13.0. The number of ether oxygens (including phenoxy) is 2. The van der Waals surface area contributed by atoms with Gasteiger partial charge in [-0.1, -0.05) is 66.2 Å². The van der Waals surface area contributed by atoms with Crippen molar-refractivity contribution in [1.29, 1.82) is 0 Å². The lowest BCUT2D eigenvalue weighted by molar-refractivity contribution is -0.173. The second-order valence-corrected chi connectivity index (χ2v) is 7.99. The number of rotatable bonds is 5. The van der Waals surface area contributed by atoms with E-state index in [1.54, 1.807) is 0 Å². The molecule has 0 aromatic heterocycles. The monoisotopic (exact) mass is 405 g/mol. The summed E-state index contributed by atoms with van der Waals surface area (Å²) in [5.41, 5.74) is 3.40. The molecule has 0 amide bonds. The van der Waals surface area contributed by atoms with Crippen LogP contribution in [-0.2, 0) is 38.4 Å². The summed E-state index contributed by atoms with van der Waals surface area (Å²) in [6.45, 7) is 1.45. The van der Waals surface area contributed by atoms with E-state index >= 15 is 0 Å². The van der Waals surface area contributed by atoms with E-state index in [-0.39, 0.29) is 6.42 Å². The largest absolute Gasteiger partial charge is 0.468 e. The van der Waals surface area contributed by atoms with Crippen LogP contribution in [0.4, 0.5) is 0 Å². The summed E-state index contributed by atoms with van der Waals surface area (Å²) >= 11 is 0. The molecule has 30 heavy (non-hydrogen) atoms. The molecule has 0 fully saturated rings. The molecule has 1 unspecified atom stereocenters. The van der Waals surface area contributed by atoms with Crippen molar-refractivity contribution in [3.8, 4) is 0 Å². The Balaban J connectivity index is 1.74. The zero-order chi connectivity index (χ0) is 21.1. The van der Waals surface area contributed by atoms with Crippen LogP contribution in [0.1, 0.15) is 23.1 Å². The summed E-state index contributed by atoms with van der Waals surface area (Å²) in [6.07, 6.45) is 3.88. The van der Waals surface area contributed by atoms with Crippen molar-refractivity contribution in [3.05, 3.63) is 82.9 Å². The van der Waals surface area contributed by atoms with Gasteiger partial charge in [-0.3, -0.25) is 14.5 Å². The normalized spacial score (nSPS) is 20.2. The first-order valence-electron chi connectivity index (χ1n) is 10.3. The topological polar surface area (TPSA) is 55.8 Å². The minimum Gasteiger partial charge on any atom is -0.468 e. The Morgan fingerprint density at radius 1 is 0.967 bits per heavy atom. The lowest BCUT2D eigenvalue weighted by Crippen LogP contribution is -2.56. The fourth-order valence-corrected chi connectivity index (χ4v) is 4.95. The molecular formula is C25H27NO4. The number of hydrogen-bond donors (Lipinski definition) is 0. The lowest BCUT2D eigenvalue weighted by atomic mass is 9.77. The zero-order valence-corrected chi connectivity index (χ0v) is 17.5. The van der Waals surface area contributed by atoms with Gasteiger partial charge in [-0.15, -0.1) is 0 Å². The Bertz CT molecular complexity index is 950. The fourth-order valence-electron chi connectivity index (χ4n) is 4.95. The standard InChI is InChI=1S/C25H27NO4/c1-29-23(27)25(24(28)30-2)14-12-20(16-18-8-4-3-5-9-18)22(25)26-15-13-19-10-6-7-11-21(19)17-26/h3-12,22H,13-17H2,1-2H3. The van der Waals surface area contributed by atoms with Crippen molar-refractivity contribution in [2.45, 2.75) is 31.8 Å². The number of methoxy groups -OCH3 is 2. The molecule has 1 aliphatic heterocycles. The average molecular weight is 405 g/mol. The third-order valence-electron chi connectivity index (χ3n) is 6.38. The van der Waals surface area contributed by atoms with E-state index in [0.29, 0.717) is 13.0 Å². The molecule has 0 N–H and O–H groups in total. The van der Waals surface area contributed by atoms with Gasteiger partial charge >= 0.3 is 11.9 Å². The van der Waals surface area contributed by atoms with E-state index in [9.17, 15) is 9.59 Å². The molecule has 0 radical (unpaired) electrons. The van der Waals surface area contributed by atoms with Gasteiger partial charge in [0.2, 0.25) is 0 Å². The smallest absolute Gasteiger partial charge is 0.325 e. The molecule has 1 heterocycles. The third kappa shape index (κ3) is 3.43. The zero-order valence-electron chi connectivity index (χ0n) is 17.5. The molecule has 2 aromatic rings. The van der Waals surface area contributed by atoms with Crippen LogP contribution in [-0.4, -0.2) is 43.6 Å². The Morgan fingerprint density at radius 2 is 1.60 bits per heavy atom. The summed E-state index contributed by atoms with van der Waals surface area (Å²) in [5.74, 6) is -1.06. The number of carbonyl (C=O) groups is 2. The van der Waals surface area contributed by atoms with Crippen molar-refractivity contribution in [3.63, 3.8) is 0 Å². The van der Waals surface area contributed by atoms with E-state index in [4.69, 9.17) is 9.47 Å². The highest BCUT2D eigenvalue weighted by Crippen LogP contribution is 2.45. The van der Waals surface area contributed by atoms with E-state index in [1.165, 1.54) is 25.3 Å². The van der Waals surface area contributed by atoms with Gasteiger partial charge in [0.15, 0.2) is 5.41 Å². The van der Waals surface area contributed by atoms with Gasteiger partial charge in [0.1, 0.15) is 0 Å².